The average molecular weight is 131 g/mol. The summed E-state index contributed by atoms with van der Waals surface area (Å²) < 4.78 is 4.16. The number of carbonyl (C=O) groups excluding carboxylic acids is 1. The van der Waals surface area contributed by atoms with Gasteiger partial charge >= 0.3 is 5.97 Å². The van der Waals surface area contributed by atoms with Crippen molar-refractivity contribution < 1.29 is 14.6 Å². The molecule has 3 nitrogen and oxygen atoms in total. The molecular formula is C6H11O3. The molecule has 0 rings (SSSR count). The second-order valence-electron chi connectivity index (χ2n) is 2.47. The van der Waals surface area contributed by atoms with Gasteiger partial charge in [0.25, 0.3) is 0 Å². The molecule has 0 spiro atoms. The van der Waals surface area contributed by atoms with Gasteiger partial charge in [0.15, 0.2) is 0 Å². The summed E-state index contributed by atoms with van der Waals surface area (Å²) in [5, 5.41) is 8.57. The number of aliphatic hydroxyl groups is 1. The van der Waals surface area contributed by atoms with Crippen molar-refractivity contribution in [3.05, 3.63) is 7.11 Å². The van der Waals surface area contributed by atoms with Gasteiger partial charge in [-0.3, -0.25) is 4.79 Å². The quantitative estimate of drug-likeness (QED) is 0.550. The number of esters is 1. The molecule has 0 aromatic rings. The first-order valence-corrected chi connectivity index (χ1v) is 2.62. The van der Waals surface area contributed by atoms with Crippen molar-refractivity contribution in [2.75, 3.05) is 6.61 Å². The van der Waals surface area contributed by atoms with Gasteiger partial charge in [0.1, 0.15) is 7.11 Å². The Hall–Kier alpha value is -0.570. The van der Waals surface area contributed by atoms with Gasteiger partial charge in [-0.05, 0) is 13.8 Å². The molecular weight excluding hydrogens is 120 g/mol. The van der Waals surface area contributed by atoms with Gasteiger partial charge in [-0.1, -0.05) is 0 Å². The highest BCUT2D eigenvalue weighted by Crippen LogP contribution is 2.14. The molecule has 0 aliphatic carbocycles. The van der Waals surface area contributed by atoms with E-state index in [1.807, 2.05) is 0 Å². The lowest BCUT2D eigenvalue weighted by Gasteiger charge is -2.16. The van der Waals surface area contributed by atoms with E-state index in [-0.39, 0.29) is 6.61 Å². The minimum Gasteiger partial charge on any atom is -0.462 e. The standard InChI is InChI=1S/C6H11O3/c1-6(2,4-7)5(8)9-3/h7H,3-4H2,1-2H3. The predicted octanol–water partition coefficient (Wildman–Crippen LogP) is 0.340. The van der Waals surface area contributed by atoms with E-state index in [2.05, 4.69) is 11.8 Å². The molecule has 53 valence electrons. The van der Waals surface area contributed by atoms with E-state index in [4.69, 9.17) is 5.11 Å². The summed E-state index contributed by atoms with van der Waals surface area (Å²) in [4.78, 5) is 10.6. The normalized spacial score (nSPS) is 11.1. The third kappa shape index (κ3) is 2.01. The largest absolute Gasteiger partial charge is 0.462 e. The number of rotatable bonds is 2. The monoisotopic (exact) mass is 131 g/mol. The van der Waals surface area contributed by atoms with E-state index in [9.17, 15) is 4.79 Å². The predicted molar refractivity (Wildman–Crippen MR) is 32.3 cm³/mol. The van der Waals surface area contributed by atoms with Crippen LogP contribution in [-0.2, 0) is 9.53 Å². The number of hydrogen-bond acceptors (Lipinski definition) is 3. The van der Waals surface area contributed by atoms with Gasteiger partial charge in [-0.15, -0.1) is 0 Å². The molecule has 0 aromatic carbocycles. The van der Waals surface area contributed by atoms with Crippen LogP contribution in [0.5, 0.6) is 0 Å². The van der Waals surface area contributed by atoms with Crippen LogP contribution in [0.2, 0.25) is 0 Å². The zero-order chi connectivity index (χ0) is 7.49. The number of aliphatic hydroxyl groups excluding tert-OH is 1. The SMILES string of the molecule is [CH2]OC(=O)C(C)(C)CO. The van der Waals surface area contributed by atoms with Gasteiger partial charge in [0.2, 0.25) is 0 Å². The van der Waals surface area contributed by atoms with Crippen LogP contribution >= 0.6 is 0 Å². The Balaban J connectivity index is 3.97. The maximum Gasteiger partial charge on any atom is 0.313 e. The van der Waals surface area contributed by atoms with Crippen molar-refractivity contribution in [1.82, 2.24) is 0 Å². The first kappa shape index (κ1) is 8.43. The summed E-state index contributed by atoms with van der Waals surface area (Å²) in [6, 6.07) is 0. The topological polar surface area (TPSA) is 46.5 Å². The van der Waals surface area contributed by atoms with Crippen LogP contribution < -0.4 is 0 Å². The Morgan fingerprint density at radius 1 is 1.78 bits per heavy atom. The van der Waals surface area contributed by atoms with Gasteiger partial charge in [-0.25, -0.2) is 0 Å². The maximum atomic E-state index is 10.6. The molecule has 1 N–H and O–H groups in total. The van der Waals surface area contributed by atoms with Gasteiger partial charge < -0.3 is 9.84 Å². The van der Waals surface area contributed by atoms with Crippen molar-refractivity contribution in [2.24, 2.45) is 5.41 Å². The van der Waals surface area contributed by atoms with E-state index >= 15 is 0 Å². The van der Waals surface area contributed by atoms with E-state index in [1.165, 1.54) is 0 Å². The summed E-state index contributed by atoms with van der Waals surface area (Å²) in [5.41, 5.74) is -0.818. The Kier molecular flexibility index (Phi) is 2.65. The lowest BCUT2D eigenvalue weighted by atomic mass is 9.95. The van der Waals surface area contributed by atoms with Crippen LogP contribution in [0, 0.1) is 12.5 Å². The molecule has 0 heterocycles. The zero-order valence-corrected chi connectivity index (χ0v) is 5.68. The van der Waals surface area contributed by atoms with Crippen molar-refractivity contribution in [1.29, 1.82) is 0 Å². The van der Waals surface area contributed by atoms with Crippen LogP contribution in [-0.4, -0.2) is 17.7 Å². The summed E-state index contributed by atoms with van der Waals surface area (Å²) in [5.74, 6) is -0.495. The van der Waals surface area contributed by atoms with Crippen LogP contribution in [0.25, 0.3) is 0 Å². The van der Waals surface area contributed by atoms with Crippen molar-refractivity contribution in [3.63, 3.8) is 0 Å². The zero-order valence-electron chi connectivity index (χ0n) is 5.68. The molecule has 0 aromatic heterocycles. The van der Waals surface area contributed by atoms with Gasteiger partial charge in [-0.2, -0.15) is 0 Å². The summed E-state index contributed by atoms with van der Waals surface area (Å²) in [7, 11) is 2.94. The Morgan fingerprint density at radius 2 is 2.22 bits per heavy atom. The molecule has 0 unspecified atom stereocenters. The van der Waals surface area contributed by atoms with Crippen molar-refractivity contribution in [3.8, 4) is 0 Å². The number of hydrogen-bond donors (Lipinski definition) is 1. The van der Waals surface area contributed by atoms with Crippen LogP contribution in [0.1, 0.15) is 13.8 Å². The maximum absolute atomic E-state index is 10.6. The summed E-state index contributed by atoms with van der Waals surface area (Å²) >= 11 is 0. The molecule has 1 radical (unpaired) electrons. The molecule has 0 aliphatic heterocycles. The lowest BCUT2D eigenvalue weighted by molar-refractivity contribution is -0.150. The Bertz CT molecular complexity index is 107. The minimum absolute atomic E-state index is 0.221. The highest BCUT2D eigenvalue weighted by atomic mass is 16.5. The highest BCUT2D eigenvalue weighted by Gasteiger charge is 2.27. The molecule has 3 heteroatoms. The van der Waals surface area contributed by atoms with E-state index < -0.39 is 11.4 Å². The van der Waals surface area contributed by atoms with Gasteiger partial charge in [0.05, 0.1) is 12.0 Å². The van der Waals surface area contributed by atoms with Crippen LogP contribution in [0.4, 0.5) is 0 Å². The van der Waals surface area contributed by atoms with Crippen LogP contribution in [0.15, 0.2) is 0 Å². The number of carbonyl (C=O) groups is 1. The molecule has 0 saturated heterocycles. The molecule has 0 saturated carbocycles. The van der Waals surface area contributed by atoms with E-state index in [0.29, 0.717) is 0 Å². The second kappa shape index (κ2) is 2.82. The first-order chi connectivity index (χ1) is 4.04. The fourth-order valence-corrected chi connectivity index (χ4v) is 0.260. The molecule has 0 aliphatic rings. The lowest BCUT2D eigenvalue weighted by Crippen LogP contribution is -2.28. The summed E-state index contributed by atoms with van der Waals surface area (Å²) in [6.45, 7) is 2.95. The van der Waals surface area contributed by atoms with Crippen molar-refractivity contribution >= 4 is 5.97 Å². The smallest absolute Gasteiger partial charge is 0.313 e. The van der Waals surface area contributed by atoms with E-state index in [0.717, 1.165) is 0 Å². The molecule has 0 atom stereocenters. The van der Waals surface area contributed by atoms with Crippen LogP contribution in [0.3, 0.4) is 0 Å². The fourth-order valence-electron chi connectivity index (χ4n) is 0.260. The average Bonchev–Trinajstić information content (AvgIpc) is 1.86. The van der Waals surface area contributed by atoms with Gasteiger partial charge in [0, 0.05) is 0 Å². The fraction of sp³-hybridized carbons (Fsp3) is 0.667. The second-order valence-corrected chi connectivity index (χ2v) is 2.47. The Morgan fingerprint density at radius 3 is 2.33 bits per heavy atom. The third-order valence-corrected chi connectivity index (χ3v) is 1.08. The molecule has 0 amide bonds. The molecule has 9 heavy (non-hydrogen) atoms. The summed E-state index contributed by atoms with van der Waals surface area (Å²) in [6.07, 6.45) is 0. The third-order valence-electron chi connectivity index (χ3n) is 1.08. The molecule has 0 bridgehead atoms. The molecule has 0 fully saturated rings. The Labute approximate surface area is 54.6 Å². The number of ether oxygens (including phenoxy) is 1. The van der Waals surface area contributed by atoms with Crippen molar-refractivity contribution in [2.45, 2.75) is 13.8 Å². The van der Waals surface area contributed by atoms with E-state index in [1.54, 1.807) is 13.8 Å². The minimum atomic E-state index is -0.818. The highest BCUT2D eigenvalue weighted by molar-refractivity contribution is 5.76. The first-order valence-electron chi connectivity index (χ1n) is 2.62.